The Labute approximate surface area is 104 Å². The molecule has 0 saturated heterocycles. The summed E-state index contributed by atoms with van der Waals surface area (Å²) in [4.78, 5) is 11.9. The first-order valence-electron chi connectivity index (χ1n) is 5.26. The van der Waals surface area contributed by atoms with Crippen molar-refractivity contribution in [1.29, 1.82) is 0 Å². The van der Waals surface area contributed by atoms with Crippen LogP contribution in [0.25, 0.3) is 0 Å². The maximum atomic E-state index is 11.9. The predicted octanol–water partition coefficient (Wildman–Crippen LogP) is 2.00. The van der Waals surface area contributed by atoms with E-state index in [1.54, 1.807) is 13.0 Å². The minimum Gasteiger partial charge on any atom is -0.348 e. The molecule has 1 atom stereocenters. The Kier molecular flexibility index (Phi) is 4.86. The van der Waals surface area contributed by atoms with Gasteiger partial charge < -0.3 is 5.32 Å². The number of rotatable bonds is 4. The summed E-state index contributed by atoms with van der Waals surface area (Å²) in [6.45, 7) is 5.65. The van der Waals surface area contributed by atoms with Gasteiger partial charge >= 0.3 is 0 Å². The van der Waals surface area contributed by atoms with Gasteiger partial charge in [0.15, 0.2) is 0 Å². The average Bonchev–Trinajstić information content (AvgIpc) is 2.28. The molecule has 16 heavy (non-hydrogen) atoms. The van der Waals surface area contributed by atoms with E-state index in [9.17, 15) is 4.79 Å². The first-order chi connectivity index (χ1) is 7.58. The molecule has 0 spiro atoms. The van der Waals surface area contributed by atoms with E-state index in [4.69, 9.17) is 0 Å². The van der Waals surface area contributed by atoms with Crippen molar-refractivity contribution < 1.29 is 4.79 Å². The first-order valence-corrected chi connectivity index (χ1v) is 6.38. The number of hydrogen-bond donors (Lipinski definition) is 1. The van der Waals surface area contributed by atoms with Crippen molar-refractivity contribution in [2.45, 2.75) is 33.2 Å². The molecule has 0 saturated carbocycles. The van der Waals surface area contributed by atoms with Gasteiger partial charge in [-0.05, 0) is 26.3 Å². The number of halogens is 1. The molecule has 0 aliphatic heterocycles. The summed E-state index contributed by atoms with van der Waals surface area (Å²) >= 11 is 3.37. The third-order valence-electron chi connectivity index (χ3n) is 2.36. The Balaban J connectivity index is 2.83. The van der Waals surface area contributed by atoms with Gasteiger partial charge in [0, 0.05) is 11.4 Å². The second-order valence-corrected chi connectivity index (χ2v) is 4.37. The molecule has 4 nitrogen and oxygen atoms in total. The van der Waals surface area contributed by atoms with Crippen LogP contribution >= 0.6 is 15.9 Å². The third kappa shape index (κ3) is 3.27. The van der Waals surface area contributed by atoms with Crippen LogP contribution in [0.15, 0.2) is 6.07 Å². The van der Waals surface area contributed by atoms with E-state index >= 15 is 0 Å². The highest BCUT2D eigenvalue weighted by Crippen LogP contribution is 2.06. The second kappa shape index (κ2) is 5.94. The Morgan fingerprint density at radius 3 is 2.75 bits per heavy atom. The smallest absolute Gasteiger partial charge is 0.253 e. The molecule has 1 heterocycles. The van der Waals surface area contributed by atoms with Crippen LogP contribution in [0.2, 0.25) is 0 Å². The van der Waals surface area contributed by atoms with Gasteiger partial charge in [0.25, 0.3) is 5.91 Å². The lowest BCUT2D eigenvalue weighted by Gasteiger charge is -2.14. The Bertz CT molecular complexity index is 377. The van der Waals surface area contributed by atoms with Crippen LogP contribution < -0.4 is 5.32 Å². The van der Waals surface area contributed by atoms with E-state index in [0.29, 0.717) is 11.3 Å². The fourth-order valence-electron chi connectivity index (χ4n) is 1.29. The molecular formula is C11H16BrN3O. The zero-order chi connectivity index (χ0) is 12.1. The molecule has 1 aromatic rings. The zero-order valence-electron chi connectivity index (χ0n) is 9.75. The number of aromatic nitrogens is 2. The summed E-state index contributed by atoms with van der Waals surface area (Å²) in [7, 11) is 0. The molecule has 0 fully saturated rings. The Morgan fingerprint density at radius 2 is 2.19 bits per heavy atom. The van der Waals surface area contributed by atoms with Crippen molar-refractivity contribution in [1.82, 2.24) is 15.5 Å². The van der Waals surface area contributed by atoms with Crippen molar-refractivity contribution in [3.63, 3.8) is 0 Å². The van der Waals surface area contributed by atoms with Gasteiger partial charge in [-0.3, -0.25) is 4.79 Å². The summed E-state index contributed by atoms with van der Waals surface area (Å²) in [5, 5.41) is 11.5. The van der Waals surface area contributed by atoms with E-state index in [0.717, 1.165) is 17.4 Å². The van der Waals surface area contributed by atoms with Gasteiger partial charge in [0.1, 0.15) is 0 Å². The molecule has 0 bridgehead atoms. The molecule has 5 heteroatoms. The molecule has 0 aliphatic rings. The number of nitrogens with zero attached hydrogens (tertiary/aromatic N) is 2. The third-order valence-corrected chi connectivity index (χ3v) is 3.14. The topological polar surface area (TPSA) is 54.9 Å². The maximum Gasteiger partial charge on any atom is 0.253 e. The highest BCUT2D eigenvalue weighted by Gasteiger charge is 2.14. The number of carbonyl (C=O) groups excluding carboxylic acids is 1. The first kappa shape index (κ1) is 13.1. The van der Waals surface area contributed by atoms with E-state index in [2.05, 4.69) is 31.4 Å². The highest BCUT2D eigenvalue weighted by molar-refractivity contribution is 9.09. The summed E-state index contributed by atoms with van der Waals surface area (Å²) < 4.78 is 0. The standard InChI is InChI=1S/C11H16BrN3O/c1-4-9(6-12)13-11(16)10-5-7(2)14-15-8(10)3/h5,9H,4,6H2,1-3H3,(H,13,16). The zero-order valence-corrected chi connectivity index (χ0v) is 11.3. The van der Waals surface area contributed by atoms with E-state index in [1.165, 1.54) is 0 Å². The minimum atomic E-state index is -0.0817. The van der Waals surface area contributed by atoms with Gasteiger partial charge in [0.2, 0.25) is 0 Å². The Hall–Kier alpha value is -0.970. The number of alkyl halides is 1. The van der Waals surface area contributed by atoms with E-state index < -0.39 is 0 Å². The second-order valence-electron chi connectivity index (χ2n) is 3.72. The van der Waals surface area contributed by atoms with Crippen LogP contribution in [0.3, 0.4) is 0 Å². The molecule has 0 radical (unpaired) electrons. The molecule has 1 N–H and O–H groups in total. The lowest BCUT2D eigenvalue weighted by atomic mass is 10.1. The molecule has 1 aromatic heterocycles. The minimum absolute atomic E-state index is 0.0817. The monoisotopic (exact) mass is 285 g/mol. The van der Waals surface area contributed by atoms with Crippen molar-refractivity contribution in [2.75, 3.05) is 5.33 Å². The largest absolute Gasteiger partial charge is 0.348 e. The number of aryl methyl sites for hydroxylation is 2. The van der Waals surface area contributed by atoms with E-state index in [1.807, 2.05) is 13.8 Å². The van der Waals surface area contributed by atoms with Crippen LogP contribution in [-0.2, 0) is 0 Å². The summed E-state index contributed by atoms with van der Waals surface area (Å²) in [6.07, 6.45) is 0.896. The number of amides is 1. The highest BCUT2D eigenvalue weighted by atomic mass is 79.9. The quantitative estimate of drug-likeness (QED) is 0.861. The molecule has 1 rings (SSSR count). The van der Waals surface area contributed by atoms with Crippen molar-refractivity contribution >= 4 is 21.8 Å². The Morgan fingerprint density at radius 1 is 1.50 bits per heavy atom. The van der Waals surface area contributed by atoms with Gasteiger partial charge in [0.05, 0.1) is 17.0 Å². The molecule has 0 aromatic carbocycles. The van der Waals surface area contributed by atoms with Gasteiger partial charge in [-0.1, -0.05) is 22.9 Å². The van der Waals surface area contributed by atoms with Crippen molar-refractivity contribution in [3.05, 3.63) is 23.0 Å². The van der Waals surface area contributed by atoms with Gasteiger partial charge in [-0.15, -0.1) is 0 Å². The van der Waals surface area contributed by atoms with Crippen LogP contribution in [0, 0.1) is 13.8 Å². The molecular weight excluding hydrogens is 270 g/mol. The normalized spacial score (nSPS) is 12.2. The fourth-order valence-corrected chi connectivity index (χ4v) is 1.91. The fraction of sp³-hybridized carbons (Fsp3) is 0.545. The van der Waals surface area contributed by atoms with E-state index in [-0.39, 0.29) is 11.9 Å². The molecule has 1 amide bonds. The van der Waals surface area contributed by atoms with Gasteiger partial charge in [-0.2, -0.15) is 10.2 Å². The van der Waals surface area contributed by atoms with Gasteiger partial charge in [-0.25, -0.2) is 0 Å². The summed E-state index contributed by atoms with van der Waals surface area (Å²) in [5.41, 5.74) is 2.02. The molecule has 1 unspecified atom stereocenters. The number of hydrogen-bond acceptors (Lipinski definition) is 3. The maximum absolute atomic E-state index is 11.9. The van der Waals surface area contributed by atoms with Crippen LogP contribution in [0.1, 0.15) is 35.1 Å². The lowest BCUT2D eigenvalue weighted by molar-refractivity contribution is 0.0939. The predicted molar refractivity (Wildman–Crippen MR) is 66.8 cm³/mol. The van der Waals surface area contributed by atoms with Crippen LogP contribution in [-0.4, -0.2) is 27.5 Å². The van der Waals surface area contributed by atoms with Crippen molar-refractivity contribution in [2.24, 2.45) is 0 Å². The SMILES string of the molecule is CCC(CBr)NC(=O)c1cc(C)nnc1C. The van der Waals surface area contributed by atoms with Crippen molar-refractivity contribution in [3.8, 4) is 0 Å². The average molecular weight is 286 g/mol. The summed E-state index contributed by atoms with van der Waals surface area (Å²) in [5.74, 6) is -0.0817. The number of nitrogens with one attached hydrogen (secondary N) is 1. The van der Waals surface area contributed by atoms with Crippen LogP contribution in [0.4, 0.5) is 0 Å². The number of carbonyl (C=O) groups is 1. The van der Waals surface area contributed by atoms with Crippen LogP contribution in [0.5, 0.6) is 0 Å². The molecule has 0 aliphatic carbocycles. The summed E-state index contributed by atoms with van der Waals surface area (Å²) in [6, 6.07) is 1.92. The molecule has 88 valence electrons. The lowest BCUT2D eigenvalue weighted by Crippen LogP contribution is -2.36.